The standard InChI is InChI=1S/C24H16N4/c1-2-6-18-15(4-1)5-3-7-19(18)16-8-11-21-23(12-16)28-24(27-21)17-9-10-20-22(13-17)26-14-25-20/h1-14H,(H,25,26)(H,27,28). The van der Waals surface area contributed by atoms with E-state index in [1.807, 2.05) is 12.1 Å². The molecule has 0 saturated carbocycles. The number of benzene rings is 4. The van der Waals surface area contributed by atoms with Crippen molar-refractivity contribution in [3.05, 3.63) is 85.2 Å². The first kappa shape index (κ1) is 15.2. The van der Waals surface area contributed by atoms with Crippen molar-refractivity contribution in [1.29, 1.82) is 0 Å². The molecular formula is C24H16N4. The van der Waals surface area contributed by atoms with Crippen LogP contribution < -0.4 is 0 Å². The van der Waals surface area contributed by atoms with Crippen LogP contribution >= 0.6 is 0 Å². The predicted molar refractivity (Wildman–Crippen MR) is 114 cm³/mol. The van der Waals surface area contributed by atoms with E-state index in [0.717, 1.165) is 33.5 Å². The number of rotatable bonds is 2. The Balaban J connectivity index is 1.50. The number of hydrogen-bond donors (Lipinski definition) is 2. The highest BCUT2D eigenvalue weighted by molar-refractivity contribution is 5.98. The van der Waals surface area contributed by atoms with Gasteiger partial charge in [-0.15, -0.1) is 0 Å². The summed E-state index contributed by atoms with van der Waals surface area (Å²) < 4.78 is 0. The topological polar surface area (TPSA) is 57.4 Å². The van der Waals surface area contributed by atoms with Gasteiger partial charge < -0.3 is 9.97 Å². The maximum Gasteiger partial charge on any atom is 0.138 e. The van der Waals surface area contributed by atoms with Crippen LogP contribution in [0.3, 0.4) is 0 Å². The molecule has 2 aromatic heterocycles. The first-order valence-corrected chi connectivity index (χ1v) is 9.27. The van der Waals surface area contributed by atoms with Crippen molar-refractivity contribution in [2.75, 3.05) is 0 Å². The first-order chi connectivity index (χ1) is 13.8. The maximum atomic E-state index is 4.78. The van der Waals surface area contributed by atoms with E-state index in [-0.39, 0.29) is 0 Å². The summed E-state index contributed by atoms with van der Waals surface area (Å²) in [5, 5.41) is 2.51. The van der Waals surface area contributed by atoms with Crippen LogP contribution in [0.25, 0.3) is 55.4 Å². The summed E-state index contributed by atoms with van der Waals surface area (Å²) in [5.41, 5.74) is 7.42. The second-order valence-corrected chi connectivity index (χ2v) is 6.98. The highest BCUT2D eigenvalue weighted by atomic mass is 14.9. The van der Waals surface area contributed by atoms with Gasteiger partial charge in [0.1, 0.15) is 5.82 Å². The van der Waals surface area contributed by atoms with Crippen molar-refractivity contribution < 1.29 is 0 Å². The number of H-pyrrole nitrogens is 2. The Morgan fingerprint density at radius 3 is 2.50 bits per heavy atom. The van der Waals surface area contributed by atoms with Crippen LogP contribution in [0.5, 0.6) is 0 Å². The Kier molecular flexibility index (Phi) is 3.14. The van der Waals surface area contributed by atoms with Crippen LogP contribution in [0.4, 0.5) is 0 Å². The smallest absolute Gasteiger partial charge is 0.138 e. The lowest BCUT2D eigenvalue weighted by atomic mass is 9.98. The average molecular weight is 360 g/mol. The molecule has 6 aromatic rings. The fraction of sp³-hybridized carbons (Fsp3) is 0. The van der Waals surface area contributed by atoms with E-state index in [9.17, 15) is 0 Å². The molecule has 2 N–H and O–H groups in total. The van der Waals surface area contributed by atoms with E-state index >= 15 is 0 Å². The number of nitrogens with zero attached hydrogens (tertiary/aromatic N) is 2. The van der Waals surface area contributed by atoms with Crippen molar-refractivity contribution in [3.63, 3.8) is 0 Å². The summed E-state index contributed by atoms with van der Waals surface area (Å²) in [5.74, 6) is 0.863. The molecule has 4 nitrogen and oxygen atoms in total. The predicted octanol–water partition coefficient (Wildman–Crippen LogP) is 5.93. The van der Waals surface area contributed by atoms with Crippen LogP contribution in [0, 0.1) is 0 Å². The van der Waals surface area contributed by atoms with Gasteiger partial charge in [-0.3, -0.25) is 0 Å². The summed E-state index contributed by atoms with van der Waals surface area (Å²) in [6.07, 6.45) is 1.71. The number of aromatic nitrogens is 4. The summed E-state index contributed by atoms with van der Waals surface area (Å²) in [4.78, 5) is 15.7. The van der Waals surface area contributed by atoms with Gasteiger partial charge in [-0.2, -0.15) is 0 Å². The van der Waals surface area contributed by atoms with Crippen LogP contribution in [0.2, 0.25) is 0 Å². The van der Waals surface area contributed by atoms with Crippen molar-refractivity contribution in [3.8, 4) is 22.5 Å². The molecular weight excluding hydrogens is 344 g/mol. The highest BCUT2D eigenvalue weighted by Crippen LogP contribution is 2.31. The first-order valence-electron chi connectivity index (χ1n) is 9.27. The third-order valence-corrected chi connectivity index (χ3v) is 5.28. The van der Waals surface area contributed by atoms with E-state index in [2.05, 4.69) is 81.7 Å². The zero-order valence-corrected chi connectivity index (χ0v) is 15.0. The van der Waals surface area contributed by atoms with E-state index in [1.54, 1.807) is 6.33 Å². The van der Waals surface area contributed by atoms with E-state index in [0.29, 0.717) is 0 Å². The van der Waals surface area contributed by atoms with Crippen LogP contribution in [-0.4, -0.2) is 19.9 Å². The Labute approximate surface area is 160 Å². The van der Waals surface area contributed by atoms with E-state index in [4.69, 9.17) is 4.98 Å². The van der Waals surface area contributed by atoms with Crippen molar-refractivity contribution in [2.24, 2.45) is 0 Å². The molecule has 0 amide bonds. The Bertz CT molecular complexity index is 1470. The van der Waals surface area contributed by atoms with Gasteiger partial charge in [-0.25, -0.2) is 9.97 Å². The molecule has 0 fully saturated rings. The number of nitrogens with one attached hydrogen (secondary N) is 2. The molecule has 0 aliphatic carbocycles. The van der Waals surface area contributed by atoms with Gasteiger partial charge >= 0.3 is 0 Å². The maximum absolute atomic E-state index is 4.78. The average Bonchev–Trinajstić information content (AvgIpc) is 3.38. The van der Waals surface area contributed by atoms with Crippen molar-refractivity contribution >= 4 is 32.8 Å². The van der Waals surface area contributed by atoms with Gasteiger partial charge in [0.25, 0.3) is 0 Å². The largest absolute Gasteiger partial charge is 0.345 e. The Morgan fingerprint density at radius 2 is 1.50 bits per heavy atom. The summed E-state index contributed by atoms with van der Waals surface area (Å²) in [7, 11) is 0. The molecule has 6 rings (SSSR count). The summed E-state index contributed by atoms with van der Waals surface area (Å²) in [6.45, 7) is 0. The second-order valence-electron chi connectivity index (χ2n) is 6.98. The van der Waals surface area contributed by atoms with Gasteiger partial charge in [0.15, 0.2) is 0 Å². The Morgan fingerprint density at radius 1 is 0.679 bits per heavy atom. The van der Waals surface area contributed by atoms with Gasteiger partial charge in [0, 0.05) is 5.56 Å². The van der Waals surface area contributed by atoms with Gasteiger partial charge in [-0.1, -0.05) is 48.5 Å². The SMILES string of the molecule is c1ccc2c(-c3ccc4nc(-c5ccc6nc[nH]c6c5)[nH]c4c3)cccc2c1. The number of aromatic amines is 2. The van der Waals surface area contributed by atoms with Gasteiger partial charge in [0.05, 0.1) is 28.4 Å². The molecule has 0 aliphatic heterocycles. The van der Waals surface area contributed by atoms with Gasteiger partial charge in [-0.05, 0) is 52.2 Å². The highest BCUT2D eigenvalue weighted by Gasteiger charge is 2.09. The molecule has 132 valence electrons. The van der Waals surface area contributed by atoms with Crippen LogP contribution in [0.15, 0.2) is 85.2 Å². The minimum absolute atomic E-state index is 0.863. The lowest BCUT2D eigenvalue weighted by Gasteiger charge is -2.06. The lowest BCUT2D eigenvalue weighted by molar-refractivity contribution is 1.33. The molecule has 4 aromatic carbocycles. The van der Waals surface area contributed by atoms with Crippen molar-refractivity contribution in [2.45, 2.75) is 0 Å². The summed E-state index contributed by atoms with van der Waals surface area (Å²) in [6, 6.07) is 27.5. The molecule has 0 atom stereocenters. The zero-order valence-electron chi connectivity index (χ0n) is 15.0. The Hall–Kier alpha value is -3.92. The normalized spacial score (nSPS) is 11.6. The molecule has 4 heteroatoms. The van der Waals surface area contributed by atoms with Gasteiger partial charge in [0.2, 0.25) is 0 Å². The quantitative estimate of drug-likeness (QED) is 0.402. The van der Waals surface area contributed by atoms with E-state index < -0.39 is 0 Å². The minimum Gasteiger partial charge on any atom is -0.345 e. The number of hydrogen-bond acceptors (Lipinski definition) is 2. The molecule has 0 unspecified atom stereocenters. The van der Waals surface area contributed by atoms with Crippen LogP contribution in [-0.2, 0) is 0 Å². The van der Waals surface area contributed by atoms with E-state index in [1.165, 1.54) is 21.9 Å². The molecule has 28 heavy (non-hydrogen) atoms. The second kappa shape index (κ2) is 5.79. The third kappa shape index (κ3) is 2.32. The third-order valence-electron chi connectivity index (χ3n) is 5.28. The number of fused-ring (bicyclic) bond motifs is 3. The van der Waals surface area contributed by atoms with Crippen molar-refractivity contribution in [1.82, 2.24) is 19.9 Å². The summed E-state index contributed by atoms with van der Waals surface area (Å²) >= 11 is 0. The minimum atomic E-state index is 0.863. The molecule has 0 radical (unpaired) electrons. The number of imidazole rings is 2. The molecule has 0 spiro atoms. The fourth-order valence-corrected chi connectivity index (χ4v) is 3.87. The molecule has 0 bridgehead atoms. The zero-order chi connectivity index (χ0) is 18.5. The monoisotopic (exact) mass is 360 g/mol. The molecule has 0 aliphatic rings. The van der Waals surface area contributed by atoms with Crippen LogP contribution in [0.1, 0.15) is 0 Å². The lowest BCUT2D eigenvalue weighted by Crippen LogP contribution is -1.81. The fourth-order valence-electron chi connectivity index (χ4n) is 3.87. The molecule has 2 heterocycles. The molecule has 0 saturated heterocycles.